The number of carbonyl (C=O) groups is 1. The first-order valence-corrected chi connectivity index (χ1v) is 8.77. The fourth-order valence-electron chi connectivity index (χ4n) is 2.76. The van der Waals surface area contributed by atoms with Crippen molar-refractivity contribution in [3.05, 3.63) is 52.2 Å². The largest absolute Gasteiger partial charge is 0.387 e. The summed E-state index contributed by atoms with van der Waals surface area (Å²) in [7, 11) is 0. The van der Waals surface area contributed by atoms with Gasteiger partial charge in [0, 0.05) is 28.8 Å². The number of nitrogens with one attached hydrogen (secondary N) is 1. The molecular formula is C18H20N2O3S. The second-order valence-electron chi connectivity index (χ2n) is 5.81. The van der Waals surface area contributed by atoms with Gasteiger partial charge in [-0.15, -0.1) is 11.3 Å². The molecule has 0 aliphatic carbocycles. The van der Waals surface area contributed by atoms with Crippen molar-refractivity contribution in [3.8, 4) is 0 Å². The quantitative estimate of drug-likeness (QED) is 0.719. The number of amides is 1. The second kappa shape index (κ2) is 7.15. The number of fused-ring (bicyclic) bond motifs is 1. The van der Waals surface area contributed by atoms with Gasteiger partial charge in [0.15, 0.2) is 0 Å². The van der Waals surface area contributed by atoms with Crippen LogP contribution in [-0.4, -0.2) is 22.7 Å². The number of aliphatic hydroxyl groups excluding tert-OH is 1. The van der Waals surface area contributed by atoms with Crippen LogP contribution in [0.4, 0.5) is 0 Å². The summed E-state index contributed by atoms with van der Waals surface area (Å²) in [4.78, 5) is 12.0. The van der Waals surface area contributed by atoms with Crippen LogP contribution in [0.5, 0.6) is 0 Å². The number of benzene rings is 1. The number of carbonyl (C=O) groups excluding carboxylic acids is 1. The zero-order valence-electron chi connectivity index (χ0n) is 13.7. The molecule has 5 nitrogen and oxygen atoms in total. The van der Waals surface area contributed by atoms with E-state index < -0.39 is 6.10 Å². The fraction of sp³-hybridized carbons (Fsp3) is 0.333. The lowest BCUT2D eigenvalue weighted by molar-refractivity contribution is -0.121. The molecule has 1 atom stereocenters. The van der Waals surface area contributed by atoms with Crippen LogP contribution >= 0.6 is 11.3 Å². The van der Waals surface area contributed by atoms with Gasteiger partial charge >= 0.3 is 0 Å². The first-order valence-electron chi connectivity index (χ1n) is 7.89. The molecule has 1 amide bonds. The van der Waals surface area contributed by atoms with E-state index in [-0.39, 0.29) is 12.5 Å². The maximum absolute atomic E-state index is 12.0. The van der Waals surface area contributed by atoms with Crippen molar-refractivity contribution < 1.29 is 14.4 Å². The third kappa shape index (κ3) is 3.49. The summed E-state index contributed by atoms with van der Waals surface area (Å²) in [5, 5.41) is 20.0. The van der Waals surface area contributed by atoms with E-state index in [1.54, 1.807) is 11.3 Å². The third-order valence-corrected chi connectivity index (χ3v) is 5.13. The van der Waals surface area contributed by atoms with Crippen molar-refractivity contribution in [3.63, 3.8) is 0 Å². The fourth-order valence-corrected chi connectivity index (χ4v) is 3.77. The lowest BCUT2D eigenvalue weighted by Gasteiger charge is -2.11. The van der Waals surface area contributed by atoms with Crippen molar-refractivity contribution in [2.45, 2.75) is 32.8 Å². The van der Waals surface area contributed by atoms with Gasteiger partial charge in [0.2, 0.25) is 5.91 Å². The highest BCUT2D eigenvalue weighted by Crippen LogP contribution is 2.29. The molecule has 0 fully saturated rings. The molecule has 1 unspecified atom stereocenters. The monoisotopic (exact) mass is 344 g/mol. The Morgan fingerprint density at radius 2 is 2.17 bits per heavy atom. The maximum Gasteiger partial charge on any atom is 0.220 e. The summed E-state index contributed by atoms with van der Waals surface area (Å²) >= 11 is 1.60. The molecular weight excluding hydrogens is 324 g/mol. The van der Waals surface area contributed by atoms with E-state index in [2.05, 4.69) is 10.5 Å². The van der Waals surface area contributed by atoms with Gasteiger partial charge in [0.05, 0.1) is 11.8 Å². The van der Waals surface area contributed by atoms with E-state index in [9.17, 15) is 9.90 Å². The lowest BCUT2D eigenvalue weighted by Crippen LogP contribution is -2.28. The average Bonchev–Trinajstić information content (AvgIpc) is 3.15. The molecule has 126 valence electrons. The van der Waals surface area contributed by atoms with Gasteiger partial charge in [-0.3, -0.25) is 4.79 Å². The molecule has 6 heteroatoms. The first kappa shape index (κ1) is 16.7. The van der Waals surface area contributed by atoms with Crippen LogP contribution in [-0.2, 0) is 11.2 Å². The Morgan fingerprint density at radius 1 is 1.38 bits per heavy atom. The predicted molar refractivity (Wildman–Crippen MR) is 94.1 cm³/mol. The van der Waals surface area contributed by atoms with Crippen molar-refractivity contribution in [1.29, 1.82) is 0 Å². The minimum atomic E-state index is -0.704. The Labute approximate surface area is 144 Å². The van der Waals surface area contributed by atoms with E-state index in [1.807, 2.05) is 43.5 Å². The number of aromatic nitrogens is 1. The van der Waals surface area contributed by atoms with Gasteiger partial charge < -0.3 is 14.9 Å². The number of aryl methyl sites for hydroxylation is 2. The van der Waals surface area contributed by atoms with Gasteiger partial charge in [0.1, 0.15) is 5.76 Å². The summed E-state index contributed by atoms with van der Waals surface area (Å²) < 4.78 is 6.23. The van der Waals surface area contributed by atoms with Gasteiger partial charge in [0.25, 0.3) is 0 Å². The molecule has 3 rings (SSSR count). The van der Waals surface area contributed by atoms with Crippen LogP contribution in [0.15, 0.2) is 34.2 Å². The van der Waals surface area contributed by atoms with E-state index in [0.717, 1.165) is 32.7 Å². The smallest absolute Gasteiger partial charge is 0.220 e. The van der Waals surface area contributed by atoms with Crippen molar-refractivity contribution in [1.82, 2.24) is 10.5 Å². The summed E-state index contributed by atoms with van der Waals surface area (Å²) in [6, 6.07) is 7.95. The zero-order valence-corrected chi connectivity index (χ0v) is 14.5. The minimum Gasteiger partial charge on any atom is -0.387 e. The summed E-state index contributed by atoms with van der Waals surface area (Å²) in [6.07, 6.45) is 0.231. The van der Waals surface area contributed by atoms with Crippen molar-refractivity contribution in [2.24, 2.45) is 0 Å². The molecule has 0 aliphatic heterocycles. The zero-order chi connectivity index (χ0) is 17.1. The van der Waals surface area contributed by atoms with E-state index in [0.29, 0.717) is 12.8 Å². The molecule has 1 aromatic carbocycles. The number of hydrogen-bond donors (Lipinski definition) is 2. The molecule has 2 heterocycles. The van der Waals surface area contributed by atoms with E-state index >= 15 is 0 Å². The average molecular weight is 344 g/mol. The van der Waals surface area contributed by atoms with Gasteiger partial charge in [-0.05, 0) is 37.1 Å². The number of rotatable bonds is 6. The Balaban J connectivity index is 1.54. The molecule has 0 aliphatic rings. The number of nitrogens with zero attached hydrogens (tertiary/aromatic N) is 1. The Hall–Kier alpha value is -2.18. The molecule has 0 radical (unpaired) electrons. The Kier molecular flexibility index (Phi) is 4.97. The van der Waals surface area contributed by atoms with Crippen LogP contribution in [0.3, 0.4) is 0 Å². The van der Waals surface area contributed by atoms with Crippen molar-refractivity contribution >= 4 is 27.3 Å². The lowest BCUT2D eigenvalue weighted by atomic mass is 10.1. The summed E-state index contributed by atoms with van der Waals surface area (Å²) in [5.74, 6) is 0.665. The maximum atomic E-state index is 12.0. The number of aliphatic hydroxyl groups is 1. The van der Waals surface area contributed by atoms with Gasteiger partial charge in [-0.2, -0.15) is 0 Å². The van der Waals surface area contributed by atoms with Crippen LogP contribution in [0.2, 0.25) is 0 Å². The van der Waals surface area contributed by atoms with Crippen LogP contribution in [0.25, 0.3) is 10.1 Å². The molecule has 0 spiro atoms. The van der Waals surface area contributed by atoms with E-state index in [4.69, 9.17) is 4.52 Å². The first-order chi connectivity index (χ1) is 11.6. The second-order valence-corrected chi connectivity index (χ2v) is 6.72. The number of hydrogen-bond acceptors (Lipinski definition) is 5. The summed E-state index contributed by atoms with van der Waals surface area (Å²) in [6.45, 7) is 3.93. The molecule has 0 saturated heterocycles. The van der Waals surface area contributed by atoms with E-state index in [1.165, 1.54) is 0 Å². The highest BCUT2D eigenvalue weighted by molar-refractivity contribution is 7.17. The molecule has 2 aromatic heterocycles. The SMILES string of the molecule is Cc1noc(C)c1CCC(=O)NCC(O)c1csc2ccccc12. The Bertz CT molecular complexity index is 833. The molecule has 0 bridgehead atoms. The Morgan fingerprint density at radius 3 is 2.92 bits per heavy atom. The highest BCUT2D eigenvalue weighted by Gasteiger charge is 2.15. The normalized spacial score (nSPS) is 12.5. The van der Waals surface area contributed by atoms with Gasteiger partial charge in [-0.25, -0.2) is 0 Å². The van der Waals surface area contributed by atoms with Crippen LogP contribution in [0, 0.1) is 13.8 Å². The molecule has 3 aromatic rings. The van der Waals surface area contributed by atoms with Gasteiger partial charge in [-0.1, -0.05) is 23.4 Å². The third-order valence-electron chi connectivity index (χ3n) is 4.15. The summed E-state index contributed by atoms with van der Waals surface area (Å²) in [5.41, 5.74) is 2.67. The predicted octanol–water partition coefficient (Wildman–Crippen LogP) is 3.29. The topological polar surface area (TPSA) is 75.4 Å². The molecule has 0 saturated carbocycles. The number of thiophene rings is 1. The highest BCUT2D eigenvalue weighted by atomic mass is 32.1. The minimum absolute atomic E-state index is 0.0893. The molecule has 24 heavy (non-hydrogen) atoms. The van der Waals surface area contributed by atoms with Crippen LogP contribution < -0.4 is 5.32 Å². The standard InChI is InChI=1S/C18H20N2O3S/c1-11-13(12(2)23-20-11)7-8-18(22)19-9-16(21)15-10-24-17-6-4-3-5-14(15)17/h3-6,10,16,21H,7-9H2,1-2H3,(H,19,22). The van der Waals surface area contributed by atoms with Crippen LogP contribution in [0.1, 0.15) is 35.1 Å². The van der Waals surface area contributed by atoms with Crippen molar-refractivity contribution in [2.75, 3.05) is 6.54 Å². The molecule has 2 N–H and O–H groups in total.